The maximum absolute atomic E-state index is 12.1. The summed E-state index contributed by atoms with van der Waals surface area (Å²) in [5.74, 6) is 0.0307. The van der Waals surface area contributed by atoms with E-state index in [1.54, 1.807) is 6.07 Å². The predicted octanol–water partition coefficient (Wildman–Crippen LogP) is 4.17. The first-order chi connectivity index (χ1) is 8.98. The molecule has 100 valence electrons. The van der Waals surface area contributed by atoms with Gasteiger partial charge in [-0.05, 0) is 46.2 Å². The van der Waals surface area contributed by atoms with E-state index in [2.05, 4.69) is 4.74 Å². The minimum Gasteiger partial charge on any atom is -0.484 e. The maximum Gasteiger partial charge on any atom is 0.422 e. The second-order valence-electron chi connectivity index (χ2n) is 3.82. The molecule has 0 aliphatic carbocycles. The van der Waals surface area contributed by atoms with Gasteiger partial charge >= 0.3 is 6.18 Å². The number of hydrogen-bond donors (Lipinski definition) is 0. The Morgan fingerprint density at radius 3 is 2.58 bits per heavy atom. The van der Waals surface area contributed by atoms with Gasteiger partial charge in [-0.25, -0.2) is 0 Å². The lowest BCUT2D eigenvalue weighted by Gasteiger charge is -2.10. The van der Waals surface area contributed by atoms with Crippen LogP contribution in [0.2, 0.25) is 0 Å². The number of carbonyl (C=O) groups excluding carboxylic acids is 1. The summed E-state index contributed by atoms with van der Waals surface area (Å²) in [5, 5.41) is 3.69. The fourth-order valence-electron chi connectivity index (χ4n) is 1.53. The SMILES string of the molecule is O=Cc1cc(OCC(F)(F)F)cc(-c2ccsc2)c1. The van der Waals surface area contributed by atoms with E-state index in [1.165, 1.54) is 23.5 Å². The number of thiophene rings is 1. The standard InChI is InChI=1S/C13H9F3O2S/c14-13(15,16)8-18-12-4-9(6-17)3-11(5-12)10-1-2-19-7-10/h1-7H,8H2. The van der Waals surface area contributed by atoms with Gasteiger partial charge in [0.05, 0.1) is 0 Å². The molecular formula is C13H9F3O2S. The molecule has 0 N–H and O–H groups in total. The summed E-state index contributed by atoms with van der Waals surface area (Å²) in [4.78, 5) is 10.8. The zero-order valence-corrected chi connectivity index (χ0v) is 10.4. The molecule has 2 rings (SSSR count). The van der Waals surface area contributed by atoms with E-state index in [0.29, 0.717) is 11.8 Å². The van der Waals surface area contributed by atoms with Crippen LogP contribution >= 0.6 is 11.3 Å². The van der Waals surface area contributed by atoms with Gasteiger partial charge in [0.1, 0.15) is 12.0 Å². The zero-order chi connectivity index (χ0) is 13.9. The first-order valence-corrected chi connectivity index (χ1v) is 6.24. The Balaban J connectivity index is 2.29. The third-order valence-electron chi connectivity index (χ3n) is 2.32. The van der Waals surface area contributed by atoms with Crippen LogP contribution in [0.5, 0.6) is 5.75 Å². The molecule has 0 fully saturated rings. The van der Waals surface area contributed by atoms with E-state index < -0.39 is 12.8 Å². The Kier molecular flexibility index (Phi) is 3.90. The normalized spacial score (nSPS) is 11.3. The molecule has 2 aromatic rings. The number of carbonyl (C=O) groups is 1. The van der Waals surface area contributed by atoms with Crippen molar-refractivity contribution in [1.82, 2.24) is 0 Å². The first kappa shape index (κ1) is 13.6. The van der Waals surface area contributed by atoms with Crippen LogP contribution in [-0.2, 0) is 0 Å². The van der Waals surface area contributed by atoms with Gasteiger partial charge < -0.3 is 4.74 Å². The molecule has 0 saturated carbocycles. The van der Waals surface area contributed by atoms with Crippen molar-refractivity contribution in [3.63, 3.8) is 0 Å². The quantitative estimate of drug-likeness (QED) is 0.788. The van der Waals surface area contributed by atoms with Crippen molar-refractivity contribution in [2.75, 3.05) is 6.61 Å². The third kappa shape index (κ3) is 3.82. The van der Waals surface area contributed by atoms with E-state index in [4.69, 9.17) is 0 Å². The molecule has 0 amide bonds. The van der Waals surface area contributed by atoms with Crippen molar-refractivity contribution >= 4 is 17.6 Å². The molecule has 6 heteroatoms. The molecule has 1 heterocycles. The molecule has 0 aliphatic rings. The van der Waals surface area contributed by atoms with Crippen molar-refractivity contribution in [2.24, 2.45) is 0 Å². The van der Waals surface area contributed by atoms with Gasteiger partial charge in [-0.15, -0.1) is 0 Å². The third-order valence-corrected chi connectivity index (χ3v) is 3.01. The number of benzene rings is 1. The van der Waals surface area contributed by atoms with Crippen molar-refractivity contribution in [2.45, 2.75) is 6.18 Å². The molecule has 19 heavy (non-hydrogen) atoms. The topological polar surface area (TPSA) is 26.3 Å². The molecule has 0 unspecified atom stereocenters. The monoisotopic (exact) mass is 286 g/mol. The van der Waals surface area contributed by atoms with Gasteiger partial charge in [-0.3, -0.25) is 4.79 Å². The Labute approximate surface area is 111 Å². The molecule has 0 radical (unpaired) electrons. The molecule has 0 aliphatic heterocycles. The number of halogens is 3. The summed E-state index contributed by atoms with van der Waals surface area (Å²) in [6, 6.07) is 6.20. The number of alkyl halides is 3. The molecule has 2 nitrogen and oxygen atoms in total. The van der Waals surface area contributed by atoms with Gasteiger partial charge in [0.25, 0.3) is 0 Å². The highest BCUT2D eigenvalue weighted by Crippen LogP contribution is 2.28. The van der Waals surface area contributed by atoms with Crippen LogP contribution < -0.4 is 4.74 Å². The molecule has 0 atom stereocenters. The van der Waals surface area contributed by atoms with Crippen LogP contribution in [-0.4, -0.2) is 19.1 Å². The zero-order valence-electron chi connectivity index (χ0n) is 9.61. The lowest BCUT2D eigenvalue weighted by atomic mass is 10.1. The van der Waals surface area contributed by atoms with Gasteiger partial charge in [0.2, 0.25) is 0 Å². The van der Waals surface area contributed by atoms with Crippen molar-refractivity contribution in [1.29, 1.82) is 0 Å². The maximum atomic E-state index is 12.1. The van der Waals surface area contributed by atoms with Gasteiger partial charge in [-0.1, -0.05) is 0 Å². The average Bonchev–Trinajstić information content (AvgIpc) is 2.89. The highest BCUT2D eigenvalue weighted by atomic mass is 32.1. The fraction of sp³-hybridized carbons (Fsp3) is 0.154. The summed E-state index contributed by atoms with van der Waals surface area (Å²) in [6.07, 6.45) is -3.82. The van der Waals surface area contributed by atoms with Gasteiger partial charge in [0, 0.05) is 5.56 Å². The van der Waals surface area contributed by atoms with E-state index in [1.807, 2.05) is 16.8 Å². The Bertz CT molecular complexity index is 562. The molecule has 1 aromatic carbocycles. The van der Waals surface area contributed by atoms with Crippen LogP contribution in [0, 0.1) is 0 Å². The number of ether oxygens (including phenoxy) is 1. The van der Waals surface area contributed by atoms with E-state index >= 15 is 0 Å². The summed E-state index contributed by atoms with van der Waals surface area (Å²) in [6.45, 7) is -1.38. The molecule has 0 bridgehead atoms. The second kappa shape index (κ2) is 5.44. The summed E-state index contributed by atoms with van der Waals surface area (Å²) in [7, 11) is 0. The van der Waals surface area contributed by atoms with E-state index in [0.717, 1.165) is 5.56 Å². The van der Waals surface area contributed by atoms with Crippen LogP contribution in [0.4, 0.5) is 13.2 Å². The van der Waals surface area contributed by atoms with Crippen molar-refractivity contribution in [3.8, 4) is 16.9 Å². The van der Waals surface area contributed by atoms with Crippen molar-refractivity contribution < 1.29 is 22.7 Å². The minimum absolute atomic E-state index is 0.0307. The summed E-state index contributed by atoms with van der Waals surface area (Å²) < 4.78 is 41.0. The Morgan fingerprint density at radius 2 is 2.00 bits per heavy atom. The first-order valence-electron chi connectivity index (χ1n) is 5.30. The number of hydrogen-bond acceptors (Lipinski definition) is 3. The molecular weight excluding hydrogens is 277 g/mol. The second-order valence-corrected chi connectivity index (χ2v) is 4.60. The van der Waals surface area contributed by atoms with Crippen LogP contribution in [0.25, 0.3) is 11.1 Å². The minimum atomic E-state index is -4.40. The highest BCUT2D eigenvalue weighted by Gasteiger charge is 2.28. The van der Waals surface area contributed by atoms with E-state index in [9.17, 15) is 18.0 Å². The highest BCUT2D eigenvalue weighted by molar-refractivity contribution is 7.08. The largest absolute Gasteiger partial charge is 0.484 e. The lowest BCUT2D eigenvalue weighted by Crippen LogP contribution is -2.19. The van der Waals surface area contributed by atoms with Crippen LogP contribution in [0.3, 0.4) is 0 Å². The summed E-state index contributed by atoms with van der Waals surface area (Å²) >= 11 is 1.46. The average molecular weight is 286 g/mol. The number of rotatable bonds is 4. The van der Waals surface area contributed by atoms with Crippen LogP contribution in [0.1, 0.15) is 10.4 Å². The smallest absolute Gasteiger partial charge is 0.422 e. The van der Waals surface area contributed by atoms with Crippen molar-refractivity contribution in [3.05, 3.63) is 40.6 Å². The summed E-state index contributed by atoms with van der Waals surface area (Å²) in [5.41, 5.74) is 1.77. The Morgan fingerprint density at radius 1 is 1.21 bits per heavy atom. The predicted molar refractivity (Wildman–Crippen MR) is 66.7 cm³/mol. The number of aldehydes is 1. The lowest BCUT2D eigenvalue weighted by molar-refractivity contribution is -0.153. The van der Waals surface area contributed by atoms with Gasteiger partial charge in [0.15, 0.2) is 6.61 Å². The molecule has 0 spiro atoms. The van der Waals surface area contributed by atoms with Gasteiger partial charge in [-0.2, -0.15) is 24.5 Å². The fourth-order valence-corrected chi connectivity index (χ4v) is 2.20. The molecule has 0 saturated heterocycles. The van der Waals surface area contributed by atoms with E-state index in [-0.39, 0.29) is 11.3 Å². The van der Waals surface area contributed by atoms with Crippen LogP contribution in [0.15, 0.2) is 35.0 Å². The Hall–Kier alpha value is -1.82. The molecule has 1 aromatic heterocycles.